The molecule has 1 aromatic heterocycles. The van der Waals surface area contributed by atoms with E-state index in [1.165, 1.54) is 42.1 Å². The van der Waals surface area contributed by atoms with Crippen molar-refractivity contribution in [3.8, 4) is 0 Å². The summed E-state index contributed by atoms with van der Waals surface area (Å²) in [5, 5.41) is 4.91. The number of fused-ring (bicyclic) bond motifs is 1. The SMILES string of the molecule is CCCCCCn1ccc2cc(CNC(C)(C)C)ccc21. The molecule has 1 aromatic carbocycles. The van der Waals surface area contributed by atoms with Crippen molar-refractivity contribution in [2.75, 3.05) is 0 Å². The average Bonchev–Trinajstić information content (AvgIpc) is 2.83. The third kappa shape index (κ3) is 4.89. The van der Waals surface area contributed by atoms with E-state index in [0.29, 0.717) is 0 Å². The lowest BCUT2D eigenvalue weighted by atomic mass is 10.1. The molecule has 0 saturated heterocycles. The smallest absolute Gasteiger partial charge is 0.0480 e. The number of rotatable bonds is 7. The van der Waals surface area contributed by atoms with Gasteiger partial charge >= 0.3 is 0 Å². The van der Waals surface area contributed by atoms with Gasteiger partial charge < -0.3 is 9.88 Å². The Morgan fingerprint density at radius 3 is 2.57 bits per heavy atom. The van der Waals surface area contributed by atoms with Crippen molar-refractivity contribution in [1.29, 1.82) is 0 Å². The van der Waals surface area contributed by atoms with Gasteiger partial charge in [-0.25, -0.2) is 0 Å². The molecule has 21 heavy (non-hydrogen) atoms. The summed E-state index contributed by atoms with van der Waals surface area (Å²) >= 11 is 0. The molecule has 2 heteroatoms. The fourth-order valence-electron chi connectivity index (χ4n) is 2.63. The van der Waals surface area contributed by atoms with Gasteiger partial charge in [-0.15, -0.1) is 0 Å². The molecule has 2 nitrogen and oxygen atoms in total. The maximum Gasteiger partial charge on any atom is 0.0480 e. The molecule has 0 bridgehead atoms. The van der Waals surface area contributed by atoms with E-state index in [-0.39, 0.29) is 5.54 Å². The zero-order valence-electron chi connectivity index (χ0n) is 14.1. The first-order chi connectivity index (χ1) is 9.99. The average molecular weight is 286 g/mol. The molecule has 0 spiro atoms. The molecule has 1 heterocycles. The predicted octanol–water partition coefficient (Wildman–Crippen LogP) is 5.11. The highest BCUT2D eigenvalue weighted by molar-refractivity contribution is 5.80. The molecular formula is C19H30N2. The van der Waals surface area contributed by atoms with Crippen LogP contribution >= 0.6 is 0 Å². The first-order valence-corrected chi connectivity index (χ1v) is 8.32. The van der Waals surface area contributed by atoms with E-state index < -0.39 is 0 Å². The minimum atomic E-state index is 0.167. The van der Waals surface area contributed by atoms with Crippen molar-refractivity contribution in [3.05, 3.63) is 36.0 Å². The number of nitrogens with zero attached hydrogens (tertiary/aromatic N) is 1. The van der Waals surface area contributed by atoms with E-state index in [4.69, 9.17) is 0 Å². The van der Waals surface area contributed by atoms with Gasteiger partial charge in [0.15, 0.2) is 0 Å². The lowest BCUT2D eigenvalue weighted by Crippen LogP contribution is -2.35. The summed E-state index contributed by atoms with van der Waals surface area (Å²) < 4.78 is 2.39. The van der Waals surface area contributed by atoms with Crippen LogP contribution in [0.25, 0.3) is 10.9 Å². The third-order valence-corrected chi connectivity index (χ3v) is 3.91. The number of aryl methyl sites for hydroxylation is 1. The third-order valence-electron chi connectivity index (χ3n) is 3.91. The van der Waals surface area contributed by atoms with Crippen molar-refractivity contribution in [1.82, 2.24) is 9.88 Å². The van der Waals surface area contributed by atoms with Crippen LogP contribution in [0.15, 0.2) is 30.5 Å². The number of hydrogen-bond acceptors (Lipinski definition) is 1. The van der Waals surface area contributed by atoms with E-state index in [1.807, 2.05) is 0 Å². The summed E-state index contributed by atoms with van der Waals surface area (Å²) in [6.07, 6.45) is 7.50. The van der Waals surface area contributed by atoms with Crippen LogP contribution in [0.5, 0.6) is 0 Å². The number of aromatic nitrogens is 1. The number of unbranched alkanes of at least 4 members (excludes halogenated alkanes) is 3. The zero-order chi connectivity index (χ0) is 15.3. The molecule has 0 amide bonds. The van der Waals surface area contributed by atoms with Crippen molar-refractivity contribution < 1.29 is 0 Å². The molecule has 2 rings (SSSR count). The molecule has 0 aliphatic heterocycles. The van der Waals surface area contributed by atoms with Crippen LogP contribution in [-0.4, -0.2) is 10.1 Å². The second kappa shape index (κ2) is 7.13. The first-order valence-electron chi connectivity index (χ1n) is 8.32. The molecule has 2 aromatic rings. The van der Waals surface area contributed by atoms with Gasteiger partial charge in [-0.05, 0) is 56.3 Å². The zero-order valence-corrected chi connectivity index (χ0v) is 14.1. The normalized spacial score (nSPS) is 12.2. The van der Waals surface area contributed by atoms with Gasteiger partial charge in [-0.3, -0.25) is 0 Å². The molecule has 0 aliphatic carbocycles. The summed E-state index contributed by atoms with van der Waals surface area (Å²) in [5.74, 6) is 0. The summed E-state index contributed by atoms with van der Waals surface area (Å²) in [7, 11) is 0. The second-order valence-corrected chi connectivity index (χ2v) is 7.07. The summed E-state index contributed by atoms with van der Waals surface area (Å²) in [4.78, 5) is 0. The highest BCUT2D eigenvalue weighted by atomic mass is 15.0. The van der Waals surface area contributed by atoms with Crippen LogP contribution in [0.4, 0.5) is 0 Å². The highest BCUT2D eigenvalue weighted by Gasteiger charge is 2.09. The lowest BCUT2D eigenvalue weighted by molar-refractivity contribution is 0.424. The lowest BCUT2D eigenvalue weighted by Gasteiger charge is -2.20. The maximum absolute atomic E-state index is 3.55. The molecule has 0 radical (unpaired) electrons. The van der Waals surface area contributed by atoms with Gasteiger partial charge in [0, 0.05) is 30.3 Å². The van der Waals surface area contributed by atoms with E-state index >= 15 is 0 Å². The molecule has 116 valence electrons. The number of hydrogen-bond donors (Lipinski definition) is 1. The molecular weight excluding hydrogens is 256 g/mol. The van der Waals surface area contributed by atoms with E-state index in [1.54, 1.807) is 0 Å². The number of benzene rings is 1. The quantitative estimate of drug-likeness (QED) is 0.700. The monoisotopic (exact) mass is 286 g/mol. The maximum atomic E-state index is 3.55. The minimum absolute atomic E-state index is 0.167. The van der Waals surface area contributed by atoms with E-state index in [2.05, 4.69) is 68.0 Å². The second-order valence-electron chi connectivity index (χ2n) is 7.07. The van der Waals surface area contributed by atoms with Crippen molar-refractivity contribution in [3.63, 3.8) is 0 Å². The Bertz CT molecular complexity index is 560. The van der Waals surface area contributed by atoms with Gasteiger partial charge in [0.05, 0.1) is 0 Å². The van der Waals surface area contributed by atoms with Crippen molar-refractivity contribution >= 4 is 10.9 Å². The molecule has 0 aliphatic rings. The summed E-state index contributed by atoms with van der Waals surface area (Å²) in [6, 6.07) is 9.09. The topological polar surface area (TPSA) is 17.0 Å². The van der Waals surface area contributed by atoms with E-state index in [0.717, 1.165) is 13.1 Å². The Kier molecular flexibility index (Phi) is 5.46. The van der Waals surface area contributed by atoms with Crippen LogP contribution in [0.3, 0.4) is 0 Å². The van der Waals surface area contributed by atoms with Crippen LogP contribution in [-0.2, 0) is 13.1 Å². The summed E-state index contributed by atoms with van der Waals surface area (Å²) in [5.41, 5.74) is 2.90. The Morgan fingerprint density at radius 2 is 1.86 bits per heavy atom. The number of nitrogens with one attached hydrogen (secondary N) is 1. The standard InChI is InChI=1S/C19H30N2/c1-5-6-7-8-12-21-13-11-17-14-16(9-10-18(17)21)15-20-19(2,3)4/h9-11,13-14,20H,5-8,12,15H2,1-4H3. The van der Waals surface area contributed by atoms with Gasteiger partial charge in [-0.2, -0.15) is 0 Å². The molecule has 0 atom stereocenters. The van der Waals surface area contributed by atoms with Crippen LogP contribution < -0.4 is 5.32 Å². The molecule has 0 fully saturated rings. The molecule has 1 N–H and O–H groups in total. The van der Waals surface area contributed by atoms with Crippen molar-refractivity contribution in [2.45, 2.75) is 72.0 Å². The van der Waals surface area contributed by atoms with Crippen molar-refractivity contribution in [2.24, 2.45) is 0 Å². The van der Waals surface area contributed by atoms with Gasteiger partial charge in [-0.1, -0.05) is 32.3 Å². The fraction of sp³-hybridized carbons (Fsp3) is 0.579. The van der Waals surface area contributed by atoms with E-state index in [9.17, 15) is 0 Å². The molecule has 0 saturated carbocycles. The fourth-order valence-corrected chi connectivity index (χ4v) is 2.63. The first kappa shape index (κ1) is 16.1. The van der Waals surface area contributed by atoms with Crippen LogP contribution in [0.2, 0.25) is 0 Å². The Morgan fingerprint density at radius 1 is 1.05 bits per heavy atom. The predicted molar refractivity (Wildman–Crippen MR) is 92.7 cm³/mol. The van der Waals surface area contributed by atoms with Gasteiger partial charge in [0.1, 0.15) is 0 Å². The highest BCUT2D eigenvalue weighted by Crippen LogP contribution is 2.19. The minimum Gasteiger partial charge on any atom is -0.347 e. The van der Waals surface area contributed by atoms with Gasteiger partial charge in [0.2, 0.25) is 0 Å². The Labute approximate surface area is 129 Å². The van der Waals surface area contributed by atoms with Gasteiger partial charge in [0.25, 0.3) is 0 Å². The Hall–Kier alpha value is -1.28. The molecule has 0 unspecified atom stereocenters. The van der Waals surface area contributed by atoms with Crippen LogP contribution in [0, 0.1) is 0 Å². The summed E-state index contributed by atoms with van der Waals surface area (Å²) in [6.45, 7) is 11.0. The largest absolute Gasteiger partial charge is 0.347 e. The Balaban J connectivity index is 2.01. The van der Waals surface area contributed by atoms with Crippen LogP contribution in [0.1, 0.15) is 58.9 Å².